The lowest BCUT2D eigenvalue weighted by Gasteiger charge is -2.36. The molecule has 2 saturated heterocycles. The molecule has 14 heteroatoms. The minimum absolute atomic E-state index is 0.00660. The summed E-state index contributed by atoms with van der Waals surface area (Å²) < 4.78 is 69.5. The van der Waals surface area contributed by atoms with Crippen molar-refractivity contribution in [2.45, 2.75) is 30.1 Å². The number of hydrogen-bond acceptors (Lipinski definition) is 4. The Kier molecular flexibility index (Phi) is 5.97. The van der Waals surface area contributed by atoms with E-state index in [1.54, 1.807) is 0 Å². The van der Waals surface area contributed by atoms with Gasteiger partial charge in [0.05, 0.1) is 28.7 Å². The molecule has 7 nitrogen and oxygen atoms in total. The van der Waals surface area contributed by atoms with Gasteiger partial charge in [-0.05, 0) is 30.3 Å². The number of carbonyl (C=O) groups is 3. The quantitative estimate of drug-likeness (QED) is 0.508. The molecule has 2 amide bonds. The molecule has 0 saturated carbocycles. The summed E-state index contributed by atoms with van der Waals surface area (Å²) in [5, 5.41) is 12.8. The van der Waals surface area contributed by atoms with Crippen molar-refractivity contribution < 1.29 is 41.4 Å². The highest BCUT2D eigenvalue weighted by Crippen LogP contribution is 2.61. The molecule has 0 aromatic heterocycles. The summed E-state index contributed by atoms with van der Waals surface area (Å²) in [5.74, 6) is -10.6. The van der Waals surface area contributed by atoms with Crippen molar-refractivity contribution in [3.63, 3.8) is 0 Å². The number of alkyl halides is 5. The number of fused-ring (bicyclic) bond motifs is 4. The maximum Gasteiger partial charge on any atom is 0.416 e. The van der Waals surface area contributed by atoms with E-state index in [0.29, 0.717) is 6.07 Å². The first-order chi connectivity index (χ1) is 17.6. The third-order valence-corrected chi connectivity index (χ3v) is 8.00. The van der Waals surface area contributed by atoms with Gasteiger partial charge in [0.15, 0.2) is 0 Å². The summed E-state index contributed by atoms with van der Waals surface area (Å²) in [6.45, 7) is -1.03. The van der Waals surface area contributed by atoms with E-state index in [4.69, 9.17) is 23.2 Å². The lowest BCUT2D eigenvalue weighted by atomic mass is 9.73. The molecule has 38 heavy (non-hydrogen) atoms. The van der Waals surface area contributed by atoms with E-state index in [9.17, 15) is 41.4 Å². The highest BCUT2D eigenvalue weighted by atomic mass is 35.5. The summed E-state index contributed by atoms with van der Waals surface area (Å²) in [4.78, 5) is 41.9. The molecule has 1 spiro atoms. The second-order valence-corrected chi connectivity index (χ2v) is 10.4. The van der Waals surface area contributed by atoms with Crippen LogP contribution in [0.25, 0.3) is 0 Å². The second kappa shape index (κ2) is 8.52. The summed E-state index contributed by atoms with van der Waals surface area (Å²) in [6, 6.07) is 4.84. The van der Waals surface area contributed by atoms with E-state index in [1.807, 2.05) is 0 Å². The number of rotatable bonds is 3. The number of anilines is 2. The van der Waals surface area contributed by atoms with Crippen LogP contribution in [0.5, 0.6) is 0 Å². The fraction of sp³-hybridized carbons (Fsp3) is 0.375. The standard InChI is InChI=1S/C24H18Cl2F5N3O4/c1-33(12-4-2-3-10(5-12)24(29,30)31)19(35)16-15-8-22(27,28)9-34(15)23(17(16)20(36)37)13-6-11(25)7-14(26)18(13)32-21(23)38/h2-7,15-17H,8-9H2,1H3,(H,32,38)(H,36,37)/t15-,16+,17-,23+/m1/s1. The minimum Gasteiger partial charge on any atom is -0.481 e. The molecule has 3 aliphatic heterocycles. The topological polar surface area (TPSA) is 90.0 Å². The molecule has 2 N–H and O–H groups in total. The highest BCUT2D eigenvalue weighted by Gasteiger charge is 2.74. The van der Waals surface area contributed by atoms with Gasteiger partial charge in [-0.3, -0.25) is 19.3 Å². The van der Waals surface area contributed by atoms with E-state index >= 15 is 0 Å². The molecule has 3 heterocycles. The van der Waals surface area contributed by atoms with Crippen molar-refractivity contribution in [1.82, 2.24) is 4.90 Å². The predicted octanol–water partition coefficient (Wildman–Crippen LogP) is 4.86. The van der Waals surface area contributed by atoms with Crippen LogP contribution in [0.1, 0.15) is 17.5 Å². The van der Waals surface area contributed by atoms with Gasteiger partial charge in [0.2, 0.25) is 5.91 Å². The number of nitrogens with zero attached hydrogens (tertiary/aromatic N) is 2. The van der Waals surface area contributed by atoms with E-state index < -0.39 is 71.8 Å². The molecule has 2 aromatic rings. The van der Waals surface area contributed by atoms with Crippen molar-refractivity contribution in [2.24, 2.45) is 11.8 Å². The van der Waals surface area contributed by atoms with Gasteiger partial charge in [-0.1, -0.05) is 29.3 Å². The maximum atomic E-state index is 14.8. The zero-order valence-corrected chi connectivity index (χ0v) is 20.8. The van der Waals surface area contributed by atoms with Crippen molar-refractivity contribution in [3.05, 3.63) is 57.6 Å². The zero-order valence-electron chi connectivity index (χ0n) is 19.3. The molecule has 0 unspecified atom stereocenters. The van der Waals surface area contributed by atoms with Gasteiger partial charge in [-0.15, -0.1) is 0 Å². The monoisotopic (exact) mass is 577 g/mol. The molecule has 2 fully saturated rings. The number of nitrogens with one attached hydrogen (secondary N) is 1. The number of hydrogen-bond donors (Lipinski definition) is 2. The first-order valence-electron chi connectivity index (χ1n) is 11.2. The molecule has 5 rings (SSSR count). The first-order valence-corrected chi connectivity index (χ1v) is 12.0. The normalized spacial score (nSPS) is 27.8. The van der Waals surface area contributed by atoms with Gasteiger partial charge in [0.1, 0.15) is 11.5 Å². The average Bonchev–Trinajstić information content (AvgIpc) is 3.38. The van der Waals surface area contributed by atoms with Crippen LogP contribution in [-0.4, -0.2) is 53.3 Å². The van der Waals surface area contributed by atoms with Crippen molar-refractivity contribution in [2.75, 3.05) is 23.8 Å². The highest BCUT2D eigenvalue weighted by molar-refractivity contribution is 6.38. The Bertz CT molecular complexity index is 1390. The van der Waals surface area contributed by atoms with Crippen molar-refractivity contribution >= 4 is 52.4 Å². The molecule has 4 atom stereocenters. The maximum absolute atomic E-state index is 14.8. The Morgan fingerprint density at radius 2 is 1.87 bits per heavy atom. The zero-order chi connectivity index (χ0) is 27.9. The van der Waals surface area contributed by atoms with Crippen molar-refractivity contribution in [1.29, 1.82) is 0 Å². The van der Waals surface area contributed by atoms with E-state index in [2.05, 4.69) is 5.32 Å². The van der Waals surface area contributed by atoms with Crippen LogP contribution in [-0.2, 0) is 26.1 Å². The Labute approximate surface area is 222 Å². The molecule has 202 valence electrons. The van der Waals surface area contributed by atoms with E-state index in [0.717, 1.165) is 29.0 Å². The Morgan fingerprint density at radius 1 is 1.18 bits per heavy atom. The van der Waals surface area contributed by atoms with Gasteiger partial charge in [-0.25, -0.2) is 8.78 Å². The van der Waals surface area contributed by atoms with Crippen LogP contribution >= 0.6 is 23.2 Å². The molecular formula is C24H18Cl2F5N3O4. The smallest absolute Gasteiger partial charge is 0.416 e. The van der Waals surface area contributed by atoms with Crippen LogP contribution < -0.4 is 10.2 Å². The predicted molar refractivity (Wildman–Crippen MR) is 126 cm³/mol. The summed E-state index contributed by atoms with van der Waals surface area (Å²) in [7, 11) is 1.12. The Morgan fingerprint density at radius 3 is 2.50 bits per heavy atom. The third kappa shape index (κ3) is 3.76. The number of aliphatic carboxylic acids is 1. The molecule has 0 bridgehead atoms. The number of amides is 2. The molecule has 0 radical (unpaired) electrons. The second-order valence-electron chi connectivity index (χ2n) is 9.57. The third-order valence-electron chi connectivity index (χ3n) is 7.48. The summed E-state index contributed by atoms with van der Waals surface area (Å²) >= 11 is 12.4. The largest absolute Gasteiger partial charge is 0.481 e. The molecular weight excluding hydrogens is 560 g/mol. The minimum atomic E-state index is -4.73. The summed E-state index contributed by atoms with van der Waals surface area (Å²) in [5.41, 5.74) is -3.63. The van der Waals surface area contributed by atoms with E-state index in [1.165, 1.54) is 18.2 Å². The molecule has 0 aliphatic carbocycles. The summed E-state index contributed by atoms with van der Waals surface area (Å²) in [6.07, 6.45) is -5.67. The Balaban J connectivity index is 1.68. The number of carboxylic acids is 1. The lowest BCUT2D eigenvalue weighted by molar-refractivity contribution is -0.153. The van der Waals surface area contributed by atoms with Gasteiger partial charge in [0.25, 0.3) is 11.8 Å². The van der Waals surface area contributed by atoms with E-state index in [-0.39, 0.29) is 27.0 Å². The SMILES string of the molecule is CN(C(=O)[C@H]1[C@H]2CC(F)(F)CN2[C@]2(C(=O)Nc3c(Cl)cc(Cl)cc32)[C@H]1C(=O)O)c1cccc(C(F)(F)F)c1. The van der Waals surface area contributed by atoms with Gasteiger partial charge in [0, 0.05) is 35.8 Å². The van der Waals surface area contributed by atoms with Crippen LogP contribution in [0.15, 0.2) is 36.4 Å². The number of halogens is 7. The van der Waals surface area contributed by atoms with Crippen molar-refractivity contribution in [3.8, 4) is 0 Å². The van der Waals surface area contributed by atoms with Gasteiger partial charge in [-0.2, -0.15) is 13.2 Å². The number of carboxylic acid groups (broad SMARTS) is 1. The van der Waals surface area contributed by atoms with Crippen LogP contribution in [0.2, 0.25) is 10.0 Å². The fourth-order valence-electron chi connectivity index (χ4n) is 6.02. The van der Waals surface area contributed by atoms with Crippen LogP contribution in [0, 0.1) is 11.8 Å². The van der Waals surface area contributed by atoms with Gasteiger partial charge < -0.3 is 15.3 Å². The average molecular weight is 578 g/mol. The van der Waals surface area contributed by atoms with Crippen LogP contribution in [0.3, 0.4) is 0 Å². The van der Waals surface area contributed by atoms with Gasteiger partial charge >= 0.3 is 12.1 Å². The molecule has 3 aliphatic rings. The number of benzene rings is 2. The number of carbonyl (C=O) groups excluding carboxylic acids is 2. The fourth-order valence-corrected chi connectivity index (χ4v) is 6.56. The molecule has 2 aromatic carbocycles. The lowest BCUT2D eigenvalue weighted by Crippen LogP contribution is -2.54. The first kappa shape index (κ1) is 26.6. The Hall–Kier alpha value is -2.96. The van der Waals surface area contributed by atoms with Crippen LogP contribution in [0.4, 0.5) is 33.3 Å².